The van der Waals surface area contributed by atoms with E-state index < -0.39 is 7.82 Å². The van der Waals surface area contributed by atoms with Gasteiger partial charge in [-0.25, -0.2) is 9.55 Å². The Labute approximate surface area is 136 Å². The summed E-state index contributed by atoms with van der Waals surface area (Å²) in [5.41, 5.74) is 0.873. The smallest absolute Gasteiger partial charge is 0.373 e. The minimum absolute atomic E-state index is 0.117. The summed E-state index contributed by atoms with van der Waals surface area (Å²) < 4.78 is 23.0. The molecule has 1 aliphatic rings. The van der Waals surface area contributed by atoms with Crippen LogP contribution in [0.4, 0.5) is 5.82 Å². The molecule has 0 amide bonds. The van der Waals surface area contributed by atoms with Gasteiger partial charge in [0.2, 0.25) is 0 Å². The van der Waals surface area contributed by atoms with Gasteiger partial charge in [0.05, 0.1) is 24.7 Å². The quantitative estimate of drug-likeness (QED) is 0.546. The highest BCUT2D eigenvalue weighted by Gasteiger charge is 2.35. The molecule has 0 bridgehead atoms. The fraction of sp³-hybridized carbons (Fsp3) is 0.692. The number of hydrogen-bond acceptors (Lipinski definition) is 6. The van der Waals surface area contributed by atoms with E-state index >= 15 is 0 Å². The fourth-order valence-corrected chi connectivity index (χ4v) is 2.86. The summed E-state index contributed by atoms with van der Waals surface area (Å²) in [6.45, 7) is 6.92. The molecule has 3 unspecified atom stereocenters. The van der Waals surface area contributed by atoms with Crippen molar-refractivity contribution in [2.24, 2.45) is 10.9 Å². The topological polar surface area (TPSA) is 118 Å². The molecule has 0 spiro atoms. The molecule has 132 valence electrons. The lowest BCUT2D eigenvalue weighted by molar-refractivity contribution is -0.0298. The van der Waals surface area contributed by atoms with Crippen molar-refractivity contribution in [1.29, 1.82) is 0 Å². The second kappa shape index (κ2) is 8.56. The van der Waals surface area contributed by atoms with Crippen LogP contribution in [-0.2, 0) is 13.8 Å². The van der Waals surface area contributed by atoms with Gasteiger partial charge in [-0.1, -0.05) is 6.92 Å². The average molecular weight is 348 g/mol. The van der Waals surface area contributed by atoms with E-state index in [1.165, 1.54) is 0 Å². The van der Waals surface area contributed by atoms with E-state index in [9.17, 15) is 4.57 Å². The molecule has 9 nitrogen and oxygen atoms in total. The SMILES string of the molecule is C=NC.CNc1c(C)ncn1C1OC(COP(=O)(O)O)CC1C. The van der Waals surface area contributed by atoms with E-state index in [1.807, 2.05) is 25.5 Å². The molecule has 0 radical (unpaired) electrons. The van der Waals surface area contributed by atoms with Crippen molar-refractivity contribution in [3.63, 3.8) is 0 Å². The lowest BCUT2D eigenvalue weighted by atomic mass is 10.1. The molecule has 1 aromatic heterocycles. The molecule has 1 saturated heterocycles. The molecule has 1 fully saturated rings. The van der Waals surface area contributed by atoms with Crippen molar-refractivity contribution in [2.75, 3.05) is 26.0 Å². The van der Waals surface area contributed by atoms with Crippen LogP contribution in [0.2, 0.25) is 0 Å². The third kappa shape index (κ3) is 5.71. The summed E-state index contributed by atoms with van der Waals surface area (Å²) in [6, 6.07) is 0. The number of nitrogens with zero attached hydrogens (tertiary/aromatic N) is 3. The van der Waals surface area contributed by atoms with Gasteiger partial charge in [0.15, 0.2) is 0 Å². The molecule has 0 aromatic carbocycles. The van der Waals surface area contributed by atoms with E-state index in [0.29, 0.717) is 6.42 Å². The Hall–Kier alpha value is -1.25. The van der Waals surface area contributed by atoms with Gasteiger partial charge >= 0.3 is 7.82 Å². The lowest BCUT2D eigenvalue weighted by Crippen LogP contribution is -2.17. The summed E-state index contributed by atoms with van der Waals surface area (Å²) in [4.78, 5) is 24.9. The van der Waals surface area contributed by atoms with Crippen molar-refractivity contribution in [3.8, 4) is 0 Å². The Bertz CT molecular complexity index is 559. The number of aryl methyl sites for hydroxylation is 1. The molecule has 23 heavy (non-hydrogen) atoms. The van der Waals surface area contributed by atoms with Crippen molar-refractivity contribution >= 4 is 20.4 Å². The first kappa shape index (κ1) is 19.8. The summed E-state index contributed by atoms with van der Waals surface area (Å²) in [6.07, 6.45) is 1.82. The first-order valence-corrected chi connectivity index (χ1v) is 8.68. The number of hydrogen-bond donors (Lipinski definition) is 3. The molecule has 3 atom stereocenters. The average Bonchev–Trinajstić information content (AvgIpc) is 2.99. The van der Waals surface area contributed by atoms with Crippen LogP contribution in [0.5, 0.6) is 0 Å². The van der Waals surface area contributed by atoms with E-state index in [0.717, 1.165) is 11.5 Å². The third-order valence-corrected chi connectivity index (χ3v) is 3.86. The third-order valence-electron chi connectivity index (χ3n) is 3.37. The Kier molecular flexibility index (Phi) is 7.37. The molecule has 1 aliphatic heterocycles. The van der Waals surface area contributed by atoms with Gasteiger partial charge in [-0.15, -0.1) is 0 Å². The standard InChI is InChI=1S/C11H20N3O5P.C2H5N/c1-7-4-9(5-18-20(15,16)17)19-11(7)14-6-13-8(2)10(14)12-3;1-3-2/h6-7,9,11-12H,4-5H2,1-3H3,(H2,15,16,17);1H2,2H3. The first-order chi connectivity index (χ1) is 10.7. The number of nitrogens with one attached hydrogen (secondary N) is 1. The van der Waals surface area contributed by atoms with Crippen LogP contribution in [0.1, 0.15) is 25.3 Å². The zero-order valence-electron chi connectivity index (χ0n) is 13.8. The van der Waals surface area contributed by atoms with Gasteiger partial charge in [0.25, 0.3) is 0 Å². The Morgan fingerprint density at radius 3 is 2.78 bits per heavy atom. The van der Waals surface area contributed by atoms with Gasteiger partial charge in [0, 0.05) is 20.0 Å². The van der Waals surface area contributed by atoms with Crippen LogP contribution >= 0.6 is 7.82 Å². The summed E-state index contributed by atoms with van der Waals surface area (Å²) in [5.74, 6) is 1.07. The lowest BCUT2D eigenvalue weighted by Gasteiger charge is -2.20. The van der Waals surface area contributed by atoms with Gasteiger partial charge in [-0.05, 0) is 20.1 Å². The molecule has 0 saturated carbocycles. The normalized spacial score (nSPS) is 24.0. The maximum absolute atomic E-state index is 10.7. The number of aliphatic imine (C=N–C) groups is 1. The van der Waals surface area contributed by atoms with E-state index in [1.54, 1.807) is 13.4 Å². The van der Waals surface area contributed by atoms with Gasteiger partial charge in [0.1, 0.15) is 12.0 Å². The van der Waals surface area contributed by atoms with Crippen LogP contribution in [0, 0.1) is 12.8 Å². The zero-order chi connectivity index (χ0) is 17.6. The van der Waals surface area contributed by atoms with Crippen molar-refractivity contribution in [2.45, 2.75) is 32.6 Å². The van der Waals surface area contributed by atoms with Crippen LogP contribution in [0.3, 0.4) is 0 Å². The monoisotopic (exact) mass is 348 g/mol. The van der Waals surface area contributed by atoms with Crippen LogP contribution in [0.25, 0.3) is 0 Å². The summed E-state index contributed by atoms with van der Waals surface area (Å²) in [7, 11) is -0.999. The minimum atomic E-state index is -4.45. The fourth-order valence-electron chi connectivity index (χ4n) is 2.50. The summed E-state index contributed by atoms with van der Waals surface area (Å²) in [5, 5.41) is 3.08. The van der Waals surface area contributed by atoms with Crippen LogP contribution < -0.4 is 5.32 Å². The molecular weight excluding hydrogens is 323 g/mol. The van der Waals surface area contributed by atoms with Crippen LogP contribution in [0.15, 0.2) is 11.3 Å². The van der Waals surface area contributed by atoms with Gasteiger partial charge in [-0.2, -0.15) is 0 Å². The second-order valence-corrected chi connectivity index (χ2v) is 6.54. The molecule has 2 heterocycles. The molecular formula is C13H25N4O5P. The van der Waals surface area contributed by atoms with E-state index in [-0.39, 0.29) is 24.9 Å². The first-order valence-electron chi connectivity index (χ1n) is 7.15. The van der Waals surface area contributed by atoms with Gasteiger partial charge in [-0.3, -0.25) is 9.09 Å². The zero-order valence-corrected chi connectivity index (χ0v) is 14.7. The number of phosphoric ester groups is 1. The predicted molar refractivity (Wildman–Crippen MR) is 87.7 cm³/mol. The molecule has 3 N–H and O–H groups in total. The largest absolute Gasteiger partial charge is 0.469 e. The highest BCUT2D eigenvalue weighted by atomic mass is 31.2. The van der Waals surface area contributed by atoms with Gasteiger partial charge < -0.3 is 24.8 Å². The number of phosphoric acid groups is 1. The minimum Gasteiger partial charge on any atom is -0.373 e. The van der Waals surface area contributed by atoms with Crippen LogP contribution in [-0.4, -0.2) is 52.9 Å². The predicted octanol–water partition coefficient (Wildman–Crippen LogP) is 1.58. The number of anilines is 1. The second-order valence-electron chi connectivity index (χ2n) is 5.30. The maximum atomic E-state index is 10.7. The Morgan fingerprint density at radius 1 is 1.65 bits per heavy atom. The maximum Gasteiger partial charge on any atom is 0.469 e. The van der Waals surface area contributed by atoms with E-state index in [2.05, 4.69) is 26.5 Å². The van der Waals surface area contributed by atoms with Crippen molar-refractivity contribution in [3.05, 3.63) is 12.0 Å². The highest BCUT2D eigenvalue weighted by molar-refractivity contribution is 7.46. The Balaban J connectivity index is 0.000000816. The van der Waals surface area contributed by atoms with Crippen molar-refractivity contribution in [1.82, 2.24) is 9.55 Å². The molecule has 10 heteroatoms. The number of rotatable bonds is 5. The number of imidazole rings is 1. The van der Waals surface area contributed by atoms with Crippen molar-refractivity contribution < 1.29 is 23.6 Å². The number of aromatic nitrogens is 2. The molecule has 1 aromatic rings. The molecule has 0 aliphatic carbocycles. The Morgan fingerprint density at radius 2 is 2.26 bits per heavy atom. The van der Waals surface area contributed by atoms with E-state index in [4.69, 9.17) is 14.5 Å². The molecule has 2 rings (SSSR count). The highest BCUT2D eigenvalue weighted by Crippen LogP contribution is 2.40. The number of ether oxygens (including phenoxy) is 1. The summed E-state index contributed by atoms with van der Waals surface area (Å²) >= 11 is 0.